The molecular formula is C13H12ClFN2O. The number of H-pyrrole nitrogens is 1. The van der Waals surface area contributed by atoms with Gasteiger partial charge in [0.1, 0.15) is 0 Å². The topological polar surface area (TPSA) is 58.9 Å². The van der Waals surface area contributed by atoms with Crippen molar-refractivity contribution in [3.8, 4) is 0 Å². The van der Waals surface area contributed by atoms with Gasteiger partial charge in [0.15, 0.2) is 5.82 Å². The lowest BCUT2D eigenvalue weighted by atomic mass is 9.86. The Morgan fingerprint density at radius 2 is 2.28 bits per heavy atom. The van der Waals surface area contributed by atoms with E-state index in [1.54, 1.807) is 6.07 Å². The SMILES string of the molecule is NC(=O)[C@@H]1CCCc2c1[nH]c1ccc(Cl)c(F)c21. The van der Waals surface area contributed by atoms with E-state index in [-0.39, 0.29) is 16.8 Å². The number of nitrogens with two attached hydrogens (primary N) is 1. The quantitative estimate of drug-likeness (QED) is 0.819. The molecular weight excluding hydrogens is 255 g/mol. The lowest BCUT2D eigenvalue weighted by molar-refractivity contribution is -0.119. The van der Waals surface area contributed by atoms with Gasteiger partial charge in [0.2, 0.25) is 5.91 Å². The second-order valence-electron chi connectivity index (χ2n) is 4.65. The molecule has 3 nitrogen and oxygen atoms in total. The van der Waals surface area contributed by atoms with E-state index in [1.165, 1.54) is 6.07 Å². The summed E-state index contributed by atoms with van der Waals surface area (Å²) in [7, 11) is 0. The number of fused-ring (bicyclic) bond motifs is 3. The average Bonchev–Trinajstić information content (AvgIpc) is 2.72. The van der Waals surface area contributed by atoms with Crippen LogP contribution in [0, 0.1) is 5.82 Å². The number of hydrogen-bond donors (Lipinski definition) is 2. The third-order valence-corrected chi connectivity index (χ3v) is 3.89. The standard InChI is InChI=1S/C13H12ClFN2O/c14-8-4-5-9-10(11(8)15)6-2-1-3-7(13(16)18)12(6)17-9/h4-5,7,17H,1-3H2,(H2,16,18)/t7-/m1/s1. The first kappa shape index (κ1) is 11.5. The highest BCUT2D eigenvalue weighted by molar-refractivity contribution is 6.31. The van der Waals surface area contributed by atoms with E-state index in [9.17, 15) is 9.18 Å². The molecule has 18 heavy (non-hydrogen) atoms. The Labute approximate surface area is 108 Å². The van der Waals surface area contributed by atoms with Gasteiger partial charge >= 0.3 is 0 Å². The first-order valence-electron chi connectivity index (χ1n) is 5.87. The molecule has 3 N–H and O–H groups in total. The van der Waals surface area contributed by atoms with Crippen molar-refractivity contribution in [2.24, 2.45) is 5.73 Å². The van der Waals surface area contributed by atoms with Crippen LogP contribution in [-0.2, 0) is 11.2 Å². The number of carbonyl (C=O) groups excluding carboxylic acids is 1. The van der Waals surface area contributed by atoms with Crippen molar-refractivity contribution in [3.63, 3.8) is 0 Å². The smallest absolute Gasteiger partial charge is 0.226 e. The lowest BCUT2D eigenvalue weighted by Gasteiger charge is -2.19. The number of halogens is 2. The molecule has 0 saturated heterocycles. The minimum Gasteiger partial charge on any atom is -0.369 e. The van der Waals surface area contributed by atoms with Gasteiger partial charge in [-0.2, -0.15) is 0 Å². The average molecular weight is 267 g/mol. The number of aromatic nitrogens is 1. The van der Waals surface area contributed by atoms with Gasteiger partial charge in [-0.1, -0.05) is 11.6 Å². The van der Waals surface area contributed by atoms with E-state index in [0.29, 0.717) is 17.3 Å². The van der Waals surface area contributed by atoms with Gasteiger partial charge in [0, 0.05) is 16.6 Å². The summed E-state index contributed by atoms with van der Waals surface area (Å²) in [6.07, 6.45) is 2.29. The summed E-state index contributed by atoms with van der Waals surface area (Å²) in [4.78, 5) is 14.5. The van der Waals surface area contributed by atoms with Gasteiger partial charge in [0.25, 0.3) is 0 Å². The first-order chi connectivity index (χ1) is 8.59. The Hall–Kier alpha value is -1.55. The van der Waals surface area contributed by atoms with Crippen LogP contribution >= 0.6 is 11.6 Å². The zero-order valence-electron chi connectivity index (χ0n) is 9.59. The van der Waals surface area contributed by atoms with Crippen molar-refractivity contribution >= 4 is 28.4 Å². The number of rotatable bonds is 1. The summed E-state index contributed by atoms with van der Waals surface area (Å²) in [6, 6.07) is 3.25. The van der Waals surface area contributed by atoms with Crippen LogP contribution in [0.15, 0.2) is 12.1 Å². The maximum atomic E-state index is 14.1. The van der Waals surface area contributed by atoms with Gasteiger partial charge in [-0.05, 0) is 37.0 Å². The van der Waals surface area contributed by atoms with Crippen LogP contribution in [0.3, 0.4) is 0 Å². The number of carbonyl (C=O) groups is 1. The van der Waals surface area contributed by atoms with E-state index < -0.39 is 5.82 Å². The van der Waals surface area contributed by atoms with Gasteiger partial charge in [0.05, 0.1) is 10.9 Å². The van der Waals surface area contributed by atoms with E-state index in [2.05, 4.69) is 4.98 Å². The fraction of sp³-hybridized carbons (Fsp3) is 0.308. The number of aromatic amines is 1. The maximum Gasteiger partial charge on any atom is 0.226 e. The highest BCUT2D eigenvalue weighted by Crippen LogP contribution is 2.38. The molecule has 1 aliphatic carbocycles. The number of primary amides is 1. The third kappa shape index (κ3) is 1.52. The lowest BCUT2D eigenvalue weighted by Crippen LogP contribution is -2.25. The molecule has 0 unspecified atom stereocenters. The van der Waals surface area contributed by atoms with Gasteiger partial charge in [-0.25, -0.2) is 4.39 Å². The largest absolute Gasteiger partial charge is 0.369 e. The summed E-state index contributed by atoms with van der Waals surface area (Å²) < 4.78 is 14.1. The summed E-state index contributed by atoms with van der Waals surface area (Å²) in [6.45, 7) is 0. The summed E-state index contributed by atoms with van der Waals surface area (Å²) in [5.41, 5.74) is 7.67. The van der Waals surface area contributed by atoms with Crippen molar-refractivity contribution in [1.82, 2.24) is 4.98 Å². The summed E-state index contributed by atoms with van der Waals surface area (Å²) in [5.74, 6) is -1.13. The summed E-state index contributed by atoms with van der Waals surface area (Å²) >= 11 is 5.81. The van der Waals surface area contributed by atoms with Crippen molar-refractivity contribution < 1.29 is 9.18 Å². The second-order valence-corrected chi connectivity index (χ2v) is 5.06. The van der Waals surface area contributed by atoms with Crippen LogP contribution in [0.5, 0.6) is 0 Å². The van der Waals surface area contributed by atoms with E-state index in [1.807, 2.05) is 0 Å². The molecule has 0 bridgehead atoms. The zero-order valence-corrected chi connectivity index (χ0v) is 10.4. The van der Waals surface area contributed by atoms with Crippen molar-refractivity contribution in [1.29, 1.82) is 0 Å². The third-order valence-electron chi connectivity index (χ3n) is 3.60. The van der Waals surface area contributed by atoms with Crippen LogP contribution in [0.1, 0.15) is 30.0 Å². The Morgan fingerprint density at radius 3 is 3.00 bits per heavy atom. The van der Waals surface area contributed by atoms with Crippen LogP contribution in [0.2, 0.25) is 5.02 Å². The van der Waals surface area contributed by atoms with E-state index in [0.717, 1.165) is 24.1 Å². The van der Waals surface area contributed by atoms with Crippen molar-refractivity contribution in [2.75, 3.05) is 0 Å². The van der Waals surface area contributed by atoms with E-state index >= 15 is 0 Å². The van der Waals surface area contributed by atoms with Gasteiger partial charge in [-0.15, -0.1) is 0 Å². The summed E-state index contributed by atoms with van der Waals surface area (Å²) in [5, 5.41) is 0.606. The Balaban J connectivity index is 2.31. The molecule has 5 heteroatoms. The van der Waals surface area contributed by atoms with Crippen molar-refractivity contribution in [2.45, 2.75) is 25.2 Å². The van der Waals surface area contributed by atoms with Crippen molar-refractivity contribution in [3.05, 3.63) is 34.2 Å². The van der Waals surface area contributed by atoms with Crippen LogP contribution < -0.4 is 5.73 Å². The first-order valence-corrected chi connectivity index (χ1v) is 6.25. The highest BCUT2D eigenvalue weighted by Gasteiger charge is 2.29. The molecule has 0 saturated carbocycles. The number of amides is 1. The second kappa shape index (κ2) is 3.99. The minimum atomic E-state index is -0.420. The molecule has 1 heterocycles. The molecule has 0 aliphatic heterocycles. The van der Waals surface area contributed by atoms with Crippen LogP contribution in [-0.4, -0.2) is 10.9 Å². The molecule has 1 aromatic carbocycles. The molecule has 1 atom stereocenters. The Morgan fingerprint density at radius 1 is 1.50 bits per heavy atom. The Bertz CT molecular complexity index is 650. The molecule has 3 rings (SSSR count). The molecule has 1 aromatic heterocycles. The Kier molecular flexibility index (Phi) is 2.55. The minimum absolute atomic E-state index is 0.102. The van der Waals surface area contributed by atoms with E-state index in [4.69, 9.17) is 17.3 Å². The molecule has 1 aliphatic rings. The molecule has 0 fully saturated rings. The number of nitrogens with one attached hydrogen (secondary N) is 1. The fourth-order valence-electron chi connectivity index (χ4n) is 2.77. The highest BCUT2D eigenvalue weighted by atomic mass is 35.5. The maximum absolute atomic E-state index is 14.1. The van der Waals surface area contributed by atoms with Gasteiger partial charge < -0.3 is 10.7 Å². The van der Waals surface area contributed by atoms with Crippen LogP contribution in [0.4, 0.5) is 4.39 Å². The van der Waals surface area contributed by atoms with Crippen LogP contribution in [0.25, 0.3) is 10.9 Å². The number of benzene rings is 1. The normalized spacial score (nSPS) is 18.9. The fourth-order valence-corrected chi connectivity index (χ4v) is 2.93. The monoisotopic (exact) mass is 266 g/mol. The molecule has 1 amide bonds. The predicted molar refractivity (Wildman–Crippen MR) is 68.1 cm³/mol. The predicted octanol–water partition coefficient (Wildman–Crippen LogP) is 2.87. The molecule has 2 aromatic rings. The molecule has 0 spiro atoms. The number of hydrogen-bond acceptors (Lipinski definition) is 1. The molecule has 94 valence electrons. The molecule has 0 radical (unpaired) electrons. The number of aryl methyl sites for hydroxylation is 1. The van der Waals surface area contributed by atoms with Gasteiger partial charge in [-0.3, -0.25) is 4.79 Å². The zero-order chi connectivity index (χ0) is 12.9.